The predicted molar refractivity (Wildman–Crippen MR) is 176 cm³/mol. The van der Waals surface area contributed by atoms with E-state index < -0.39 is 35.5 Å². The van der Waals surface area contributed by atoms with Gasteiger partial charge >= 0.3 is 11.7 Å². The summed E-state index contributed by atoms with van der Waals surface area (Å²) in [6.07, 6.45) is 3.10. The highest BCUT2D eigenvalue weighted by molar-refractivity contribution is 7.22. The Hall–Kier alpha value is -5.47. The van der Waals surface area contributed by atoms with Crippen molar-refractivity contribution in [2.45, 2.75) is 32.7 Å². The van der Waals surface area contributed by atoms with E-state index in [0.29, 0.717) is 34.8 Å². The van der Waals surface area contributed by atoms with Crippen molar-refractivity contribution in [1.29, 1.82) is 0 Å². The van der Waals surface area contributed by atoms with Gasteiger partial charge < -0.3 is 11.1 Å². The summed E-state index contributed by atoms with van der Waals surface area (Å²) in [7, 11) is 1.92. The Bertz CT molecular complexity index is 2140. The number of carbonyl (C=O) groups is 1. The van der Waals surface area contributed by atoms with Crippen molar-refractivity contribution in [3.05, 3.63) is 134 Å². The van der Waals surface area contributed by atoms with E-state index in [-0.39, 0.29) is 28.9 Å². The van der Waals surface area contributed by atoms with Crippen LogP contribution in [0.15, 0.2) is 94.8 Å². The van der Waals surface area contributed by atoms with Crippen molar-refractivity contribution in [1.82, 2.24) is 29.0 Å². The zero-order valence-corrected chi connectivity index (χ0v) is 26.1. The standard InChI is InChI=1S/C33H30F2N8O3S/c1-40(18-21-6-3-2-4-7-21)19-25-28-30(44)42(17-16-41-15-14-37-39-41)33(46)43(20-24-26(34)8-5-9-27(24)35)31(28)47-29(25)22-10-12-23(13-11-22)38-32(36)45/h2-15H,16-20H2,1H3,(H3,36,38,45). The van der Waals surface area contributed by atoms with E-state index in [1.165, 1.54) is 32.8 Å². The second-order valence-corrected chi connectivity index (χ2v) is 12.0. The summed E-state index contributed by atoms with van der Waals surface area (Å²) in [6, 6.07) is 19.6. The molecule has 3 aromatic heterocycles. The third-order valence-electron chi connectivity index (χ3n) is 7.69. The molecule has 0 fully saturated rings. The maximum Gasteiger partial charge on any atom is 0.332 e. The number of fused-ring (bicyclic) bond motifs is 1. The number of benzene rings is 3. The lowest BCUT2D eigenvalue weighted by Gasteiger charge is -2.18. The number of carbonyl (C=O) groups excluding carboxylic acids is 1. The SMILES string of the molecule is CN(Cc1ccccc1)Cc1c(-c2ccc(NC(N)=O)cc2)sc2c1c(=O)n(CCn1ccnn1)c(=O)n2Cc1c(F)cccc1F. The Labute approximate surface area is 271 Å². The van der Waals surface area contributed by atoms with Gasteiger partial charge in [0.15, 0.2) is 0 Å². The van der Waals surface area contributed by atoms with Gasteiger partial charge in [-0.1, -0.05) is 53.7 Å². The lowest BCUT2D eigenvalue weighted by atomic mass is 10.1. The van der Waals surface area contributed by atoms with Gasteiger partial charge in [0, 0.05) is 35.4 Å². The molecule has 3 heterocycles. The smallest absolute Gasteiger partial charge is 0.332 e. The van der Waals surface area contributed by atoms with Gasteiger partial charge in [-0.15, -0.1) is 16.4 Å². The number of amides is 2. The Balaban J connectivity index is 1.56. The minimum absolute atomic E-state index is 0.0469. The van der Waals surface area contributed by atoms with Crippen LogP contribution in [-0.4, -0.2) is 42.1 Å². The number of thiophene rings is 1. The highest BCUT2D eigenvalue weighted by Crippen LogP contribution is 2.38. The molecule has 0 spiro atoms. The molecule has 2 amide bonds. The van der Waals surface area contributed by atoms with E-state index in [1.807, 2.05) is 37.4 Å². The molecule has 47 heavy (non-hydrogen) atoms. The Morgan fingerprint density at radius 3 is 2.30 bits per heavy atom. The molecule has 0 radical (unpaired) electrons. The Morgan fingerprint density at radius 2 is 1.64 bits per heavy atom. The minimum atomic E-state index is -0.803. The molecule has 3 aromatic carbocycles. The van der Waals surface area contributed by atoms with Crippen LogP contribution in [-0.2, 0) is 32.7 Å². The van der Waals surface area contributed by atoms with Crippen molar-refractivity contribution >= 4 is 33.3 Å². The van der Waals surface area contributed by atoms with E-state index in [2.05, 4.69) is 20.5 Å². The molecule has 0 saturated carbocycles. The first-order chi connectivity index (χ1) is 22.7. The first-order valence-corrected chi connectivity index (χ1v) is 15.5. The number of nitrogens with two attached hydrogens (primary N) is 1. The molecule has 240 valence electrons. The number of hydrogen-bond acceptors (Lipinski definition) is 7. The second-order valence-electron chi connectivity index (χ2n) is 11.0. The average molecular weight is 657 g/mol. The fourth-order valence-corrected chi connectivity index (χ4v) is 6.80. The van der Waals surface area contributed by atoms with Crippen LogP contribution in [0, 0.1) is 11.6 Å². The normalized spacial score (nSPS) is 11.4. The number of aromatic nitrogens is 5. The highest BCUT2D eigenvalue weighted by Gasteiger charge is 2.25. The molecule has 6 rings (SSSR count). The summed E-state index contributed by atoms with van der Waals surface area (Å²) in [5.41, 5.74) is 6.68. The quantitative estimate of drug-likeness (QED) is 0.209. The molecular weight excluding hydrogens is 626 g/mol. The van der Waals surface area contributed by atoms with Gasteiger partial charge in [0.05, 0.1) is 31.2 Å². The zero-order valence-electron chi connectivity index (χ0n) is 25.3. The summed E-state index contributed by atoms with van der Waals surface area (Å²) in [6.45, 7) is 0.575. The number of aryl methyl sites for hydroxylation is 1. The van der Waals surface area contributed by atoms with Crippen LogP contribution in [0.3, 0.4) is 0 Å². The first-order valence-electron chi connectivity index (χ1n) is 14.6. The van der Waals surface area contributed by atoms with Gasteiger partial charge in [-0.2, -0.15) is 0 Å². The maximum atomic E-state index is 15.0. The van der Waals surface area contributed by atoms with Gasteiger partial charge in [-0.3, -0.25) is 23.5 Å². The van der Waals surface area contributed by atoms with E-state index >= 15 is 0 Å². The van der Waals surface area contributed by atoms with Crippen LogP contribution in [0.1, 0.15) is 16.7 Å². The summed E-state index contributed by atoms with van der Waals surface area (Å²) < 4.78 is 33.7. The number of urea groups is 1. The lowest BCUT2D eigenvalue weighted by molar-refractivity contribution is 0.259. The monoisotopic (exact) mass is 656 g/mol. The summed E-state index contributed by atoms with van der Waals surface area (Å²) in [5.74, 6) is -1.61. The summed E-state index contributed by atoms with van der Waals surface area (Å²) in [5, 5.41) is 10.5. The second kappa shape index (κ2) is 13.5. The topological polar surface area (TPSA) is 133 Å². The largest absolute Gasteiger partial charge is 0.351 e. The first kappa shape index (κ1) is 31.5. The average Bonchev–Trinajstić information content (AvgIpc) is 3.69. The number of anilines is 1. The van der Waals surface area contributed by atoms with Gasteiger partial charge in [-0.25, -0.2) is 18.4 Å². The number of hydrogen-bond donors (Lipinski definition) is 2. The maximum absolute atomic E-state index is 15.0. The van der Waals surface area contributed by atoms with Gasteiger partial charge in [-0.05, 0) is 48.0 Å². The third kappa shape index (κ3) is 6.73. The molecule has 0 aliphatic heterocycles. The molecule has 0 bridgehead atoms. The number of rotatable bonds is 11. The zero-order chi connectivity index (χ0) is 33.1. The lowest BCUT2D eigenvalue weighted by Crippen LogP contribution is -2.41. The minimum Gasteiger partial charge on any atom is -0.351 e. The molecule has 11 nitrogen and oxygen atoms in total. The van der Waals surface area contributed by atoms with Crippen molar-refractivity contribution in [3.63, 3.8) is 0 Å². The molecule has 0 unspecified atom stereocenters. The predicted octanol–water partition coefficient (Wildman–Crippen LogP) is 4.63. The Morgan fingerprint density at radius 1 is 0.915 bits per heavy atom. The molecule has 0 atom stereocenters. The number of primary amides is 1. The van der Waals surface area contributed by atoms with Crippen LogP contribution in [0.4, 0.5) is 19.3 Å². The van der Waals surface area contributed by atoms with Crippen LogP contribution in [0.25, 0.3) is 20.7 Å². The Kier molecular flexibility index (Phi) is 9.04. The molecule has 3 N–H and O–H groups in total. The number of nitrogens with one attached hydrogen (secondary N) is 1. The fraction of sp³-hybridized carbons (Fsp3) is 0.182. The van der Waals surface area contributed by atoms with Crippen molar-refractivity contribution in [2.24, 2.45) is 5.73 Å². The number of halogens is 2. The van der Waals surface area contributed by atoms with Crippen molar-refractivity contribution in [2.75, 3.05) is 12.4 Å². The van der Waals surface area contributed by atoms with E-state index in [4.69, 9.17) is 5.73 Å². The van der Waals surface area contributed by atoms with Crippen LogP contribution in [0.2, 0.25) is 0 Å². The van der Waals surface area contributed by atoms with E-state index in [1.54, 1.807) is 30.5 Å². The summed E-state index contributed by atoms with van der Waals surface area (Å²) >= 11 is 1.19. The van der Waals surface area contributed by atoms with Crippen molar-refractivity contribution in [3.8, 4) is 10.4 Å². The fourth-order valence-electron chi connectivity index (χ4n) is 5.50. The van der Waals surface area contributed by atoms with Gasteiger partial charge in [0.1, 0.15) is 16.5 Å². The van der Waals surface area contributed by atoms with Gasteiger partial charge in [0.2, 0.25) is 0 Å². The van der Waals surface area contributed by atoms with Gasteiger partial charge in [0.25, 0.3) is 5.56 Å². The summed E-state index contributed by atoms with van der Waals surface area (Å²) in [4.78, 5) is 42.8. The van der Waals surface area contributed by atoms with Crippen LogP contribution < -0.4 is 22.3 Å². The van der Waals surface area contributed by atoms with E-state index in [0.717, 1.165) is 22.3 Å². The third-order valence-corrected chi connectivity index (χ3v) is 9.00. The number of nitrogens with zero attached hydrogens (tertiary/aromatic N) is 6. The molecule has 6 aromatic rings. The molecule has 0 aliphatic carbocycles. The van der Waals surface area contributed by atoms with E-state index in [9.17, 15) is 23.2 Å². The molecule has 0 saturated heterocycles. The van der Waals surface area contributed by atoms with Crippen molar-refractivity contribution < 1.29 is 13.6 Å². The highest BCUT2D eigenvalue weighted by atomic mass is 32.1. The molecular formula is C33H30F2N8O3S. The van der Waals surface area contributed by atoms with Crippen LogP contribution in [0.5, 0.6) is 0 Å². The molecule has 0 aliphatic rings. The van der Waals surface area contributed by atoms with Crippen LogP contribution >= 0.6 is 11.3 Å². The molecule has 14 heteroatoms.